The average Bonchev–Trinajstić information content (AvgIpc) is 3.17. The second-order valence-electron chi connectivity index (χ2n) is 9.66. The van der Waals surface area contributed by atoms with Gasteiger partial charge in [0.25, 0.3) is 26.1 Å². The van der Waals surface area contributed by atoms with Crippen molar-refractivity contribution in [3.63, 3.8) is 0 Å². The Kier molecular flexibility index (Phi) is 6.32. The van der Waals surface area contributed by atoms with Gasteiger partial charge in [-0.1, -0.05) is 51.1 Å². The molecule has 10 nitrogen and oxygen atoms in total. The molecular weight excluding hydrogens is 511 g/mol. The van der Waals surface area contributed by atoms with Crippen molar-refractivity contribution in [1.82, 2.24) is 9.62 Å². The summed E-state index contributed by atoms with van der Waals surface area (Å²) in [5.41, 5.74) is -0.359. The molecule has 0 bridgehead atoms. The number of aliphatic hydroxyl groups excluding tert-OH is 1. The molecule has 1 unspecified atom stereocenters. The lowest BCUT2D eigenvalue weighted by atomic mass is 9.84. The molecule has 13 heteroatoms. The Bertz CT molecular complexity index is 1530. The van der Waals surface area contributed by atoms with Crippen LogP contribution in [0.3, 0.4) is 0 Å². The predicted molar refractivity (Wildman–Crippen MR) is 130 cm³/mol. The first kappa shape index (κ1) is 25.9. The molecule has 1 amide bonds. The van der Waals surface area contributed by atoms with Crippen molar-refractivity contribution >= 4 is 31.9 Å². The first-order valence-electron chi connectivity index (χ1n) is 10.8. The summed E-state index contributed by atoms with van der Waals surface area (Å²) >= 11 is 0. The summed E-state index contributed by atoms with van der Waals surface area (Å²) in [5.74, 6) is -1.40. The van der Waals surface area contributed by atoms with Crippen LogP contribution in [0.2, 0.25) is 0 Å². The molecule has 192 valence electrons. The summed E-state index contributed by atoms with van der Waals surface area (Å²) in [4.78, 5) is 14.8. The fourth-order valence-corrected chi connectivity index (χ4v) is 6.29. The van der Waals surface area contributed by atoms with E-state index in [2.05, 4.69) is 4.40 Å². The Morgan fingerprint density at radius 2 is 1.81 bits per heavy atom. The number of hydrogen-bond acceptors (Lipinski definition) is 6. The monoisotopic (exact) mass is 536 g/mol. The van der Waals surface area contributed by atoms with Crippen molar-refractivity contribution < 1.29 is 31.1 Å². The van der Waals surface area contributed by atoms with E-state index in [1.54, 1.807) is 0 Å². The second-order valence-corrected chi connectivity index (χ2v) is 12.6. The third kappa shape index (κ3) is 4.78. The second kappa shape index (κ2) is 8.76. The lowest BCUT2D eigenvalue weighted by molar-refractivity contribution is -0.129. The summed E-state index contributed by atoms with van der Waals surface area (Å²) in [7, 11) is -8.42. The van der Waals surface area contributed by atoms with E-state index in [0.717, 1.165) is 0 Å². The summed E-state index contributed by atoms with van der Waals surface area (Å²) in [6.07, 6.45) is 0. The van der Waals surface area contributed by atoms with Crippen LogP contribution in [0.15, 0.2) is 63.1 Å². The topological polar surface area (TPSA) is 159 Å². The minimum absolute atomic E-state index is 0.0415. The molecule has 0 saturated carbocycles. The maximum absolute atomic E-state index is 13.6. The minimum atomic E-state index is -4.32. The number of aliphatic hydroxyl groups is 1. The number of carbonyl (C=O) groups is 1. The number of nitrogens with one attached hydrogen (secondary N) is 1. The van der Waals surface area contributed by atoms with E-state index in [1.807, 2.05) is 25.5 Å². The Balaban J connectivity index is 1.80. The number of rotatable bonds is 6. The first-order valence-corrected chi connectivity index (χ1v) is 13.8. The van der Waals surface area contributed by atoms with Crippen LogP contribution in [0.4, 0.5) is 4.39 Å². The molecule has 4 rings (SSSR count). The number of nitrogens with zero attached hydrogens (tertiary/aromatic N) is 2. The fraction of sp³-hybridized carbons (Fsp3) is 0.304. The van der Waals surface area contributed by atoms with Gasteiger partial charge in [0, 0.05) is 18.7 Å². The Labute approximate surface area is 208 Å². The molecule has 36 heavy (non-hydrogen) atoms. The van der Waals surface area contributed by atoms with Gasteiger partial charge in [0.2, 0.25) is 0 Å². The molecule has 4 N–H and O–H groups in total. The van der Waals surface area contributed by atoms with Crippen molar-refractivity contribution in [2.75, 3.05) is 0 Å². The highest BCUT2D eigenvalue weighted by molar-refractivity contribution is 7.91. The van der Waals surface area contributed by atoms with Crippen molar-refractivity contribution in [1.29, 1.82) is 0 Å². The van der Waals surface area contributed by atoms with Crippen LogP contribution in [-0.4, -0.2) is 44.5 Å². The van der Waals surface area contributed by atoms with Gasteiger partial charge in [-0.3, -0.25) is 4.79 Å². The molecule has 2 aromatic rings. The van der Waals surface area contributed by atoms with Crippen LogP contribution < -0.4 is 9.86 Å². The SMILES string of the molecule is CC(C)(C)C1C(O)=C(C2=NS(=O)(=O)c3c(CNS(N)(=O)=O)cccc32)C(=O)N1Cc1ccc(F)cc1. The van der Waals surface area contributed by atoms with Gasteiger partial charge in [0.1, 0.15) is 27.8 Å². The molecule has 0 aliphatic carbocycles. The van der Waals surface area contributed by atoms with Gasteiger partial charge in [-0.2, -0.15) is 26.0 Å². The Hall–Kier alpha value is -3.13. The zero-order chi connectivity index (χ0) is 26.6. The molecule has 0 saturated heterocycles. The van der Waals surface area contributed by atoms with Gasteiger partial charge in [-0.25, -0.2) is 9.53 Å². The maximum Gasteiger partial charge on any atom is 0.283 e. The number of fused-ring (bicyclic) bond motifs is 1. The molecule has 0 radical (unpaired) electrons. The molecule has 1 atom stereocenters. The third-order valence-corrected chi connectivity index (χ3v) is 7.88. The van der Waals surface area contributed by atoms with Crippen LogP contribution in [0.1, 0.15) is 37.5 Å². The lowest BCUT2D eigenvalue weighted by Crippen LogP contribution is -2.43. The molecule has 2 aliphatic heterocycles. The number of halogens is 1. The molecule has 0 aromatic heterocycles. The highest BCUT2D eigenvalue weighted by Crippen LogP contribution is 2.41. The van der Waals surface area contributed by atoms with Crippen LogP contribution in [0.25, 0.3) is 0 Å². The summed E-state index contributed by atoms with van der Waals surface area (Å²) in [5, 5.41) is 16.2. The van der Waals surface area contributed by atoms with E-state index in [-0.39, 0.29) is 39.6 Å². The lowest BCUT2D eigenvalue weighted by Gasteiger charge is -2.35. The van der Waals surface area contributed by atoms with Gasteiger partial charge >= 0.3 is 0 Å². The van der Waals surface area contributed by atoms with E-state index >= 15 is 0 Å². The quantitative estimate of drug-likeness (QED) is 0.511. The molecule has 0 spiro atoms. The van der Waals surface area contributed by atoms with Gasteiger partial charge in [-0.05, 0) is 28.7 Å². The van der Waals surface area contributed by atoms with Crippen molar-refractivity contribution in [3.05, 3.63) is 76.3 Å². The highest BCUT2D eigenvalue weighted by Gasteiger charge is 2.49. The molecule has 2 aliphatic rings. The van der Waals surface area contributed by atoms with Gasteiger partial charge in [-0.15, -0.1) is 0 Å². The zero-order valence-electron chi connectivity index (χ0n) is 19.7. The summed E-state index contributed by atoms with van der Waals surface area (Å²) < 4.78 is 67.9. The molecular formula is C23H25FN4O6S2. The normalized spacial score (nSPS) is 19.6. The number of nitrogens with two attached hydrogens (primary N) is 1. The number of sulfonamides is 1. The summed E-state index contributed by atoms with van der Waals surface area (Å²) in [6.45, 7) is 5.09. The minimum Gasteiger partial charge on any atom is -0.509 e. The number of carbonyl (C=O) groups excluding carboxylic acids is 1. The van der Waals surface area contributed by atoms with E-state index in [1.165, 1.54) is 47.4 Å². The highest BCUT2D eigenvalue weighted by atomic mass is 32.2. The van der Waals surface area contributed by atoms with Gasteiger partial charge in [0.15, 0.2) is 0 Å². The summed E-state index contributed by atoms with van der Waals surface area (Å²) in [6, 6.07) is 9.08. The number of amides is 1. The van der Waals surface area contributed by atoms with Crippen LogP contribution in [0.5, 0.6) is 0 Å². The fourth-order valence-electron chi connectivity index (χ4n) is 4.49. The predicted octanol–water partition coefficient (Wildman–Crippen LogP) is 1.88. The Morgan fingerprint density at radius 1 is 1.17 bits per heavy atom. The Morgan fingerprint density at radius 3 is 2.39 bits per heavy atom. The van der Waals surface area contributed by atoms with E-state index in [0.29, 0.717) is 5.56 Å². The smallest absolute Gasteiger partial charge is 0.283 e. The third-order valence-electron chi connectivity index (χ3n) is 5.91. The molecule has 0 fully saturated rings. The standard InChI is InChI=1S/C23H25FN4O6S2/c1-23(2,3)21-19(29)17(22(30)28(21)12-13-7-9-15(24)10-8-13)18-16-6-4-5-14(11-26-36(25,33)34)20(16)35(31,32)27-18/h4-10,21,26,29H,11-12H2,1-3H3,(H2,25,33,34). The first-order chi connectivity index (χ1) is 16.6. The average molecular weight is 537 g/mol. The molecule has 2 aromatic carbocycles. The largest absolute Gasteiger partial charge is 0.509 e. The number of benzene rings is 2. The number of hydrogen-bond donors (Lipinski definition) is 3. The van der Waals surface area contributed by atoms with Gasteiger partial charge in [0.05, 0.1) is 6.04 Å². The van der Waals surface area contributed by atoms with Crippen molar-refractivity contribution in [2.45, 2.75) is 44.8 Å². The van der Waals surface area contributed by atoms with E-state index < -0.39 is 50.0 Å². The van der Waals surface area contributed by atoms with E-state index in [9.17, 15) is 31.1 Å². The zero-order valence-corrected chi connectivity index (χ0v) is 21.3. The maximum atomic E-state index is 13.6. The van der Waals surface area contributed by atoms with Crippen LogP contribution in [0, 0.1) is 11.2 Å². The van der Waals surface area contributed by atoms with E-state index in [4.69, 9.17) is 5.14 Å². The van der Waals surface area contributed by atoms with Crippen LogP contribution in [-0.2, 0) is 38.1 Å². The van der Waals surface area contributed by atoms with Crippen molar-refractivity contribution in [2.24, 2.45) is 15.0 Å². The van der Waals surface area contributed by atoms with Crippen molar-refractivity contribution in [3.8, 4) is 0 Å². The molecule has 2 heterocycles. The van der Waals surface area contributed by atoms with Gasteiger partial charge < -0.3 is 10.0 Å². The van der Waals surface area contributed by atoms with Crippen LogP contribution >= 0.6 is 0 Å².